The van der Waals surface area contributed by atoms with E-state index in [9.17, 15) is 31.1 Å². The van der Waals surface area contributed by atoms with Gasteiger partial charge >= 0.3 is 12.4 Å². The van der Waals surface area contributed by atoms with E-state index in [4.69, 9.17) is 11.6 Å². The highest BCUT2D eigenvalue weighted by atomic mass is 35.5. The highest BCUT2D eigenvalue weighted by Crippen LogP contribution is 2.36. The Kier molecular flexibility index (Phi) is 8.68. The normalized spacial score (nSPS) is 14.1. The van der Waals surface area contributed by atoms with Crippen LogP contribution in [0, 0.1) is 0 Å². The van der Waals surface area contributed by atoms with E-state index in [1.807, 2.05) is 24.3 Å². The van der Waals surface area contributed by atoms with Crippen LogP contribution >= 0.6 is 11.6 Å². The lowest BCUT2D eigenvalue weighted by Gasteiger charge is -2.13. The SMILES string of the molecule is C=C1C=CC=C(c2ccc(Cl)cc2)N=C1Nc1ccc(C(=O)/C=C/Cc2cc(C(F)(F)F)cc(C(F)(F)F)c2)cc1. The fourth-order valence-electron chi connectivity index (χ4n) is 3.84. The Labute approximate surface area is 236 Å². The van der Waals surface area contributed by atoms with E-state index in [2.05, 4.69) is 16.9 Å². The average molecular weight is 587 g/mol. The second kappa shape index (κ2) is 12.0. The Bertz CT molecular complexity index is 1550. The number of hydrogen-bond acceptors (Lipinski definition) is 3. The van der Waals surface area contributed by atoms with Crippen LogP contribution < -0.4 is 5.32 Å². The van der Waals surface area contributed by atoms with Gasteiger partial charge in [-0.1, -0.05) is 48.5 Å². The molecule has 0 saturated heterocycles. The first-order chi connectivity index (χ1) is 19.3. The highest BCUT2D eigenvalue weighted by Gasteiger charge is 2.36. The first kappa shape index (κ1) is 29.6. The summed E-state index contributed by atoms with van der Waals surface area (Å²) in [4.78, 5) is 17.2. The number of benzene rings is 3. The van der Waals surface area contributed by atoms with E-state index < -0.39 is 29.3 Å². The van der Waals surface area contributed by atoms with Crippen molar-refractivity contribution in [3.05, 3.63) is 142 Å². The van der Waals surface area contributed by atoms with Gasteiger partial charge in [-0.25, -0.2) is 4.99 Å². The molecule has 0 bridgehead atoms. The summed E-state index contributed by atoms with van der Waals surface area (Å²) in [6.07, 6.45) is -2.39. The molecule has 1 N–H and O–H groups in total. The predicted octanol–water partition coefficient (Wildman–Crippen LogP) is 9.34. The molecule has 0 atom stereocenters. The van der Waals surface area contributed by atoms with Crippen LogP contribution in [0.25, 0.3) is 5.70 Å². The maximum Gasteiger partial charge on any atom is 0.416 e. The number of aliphatic imine (C=N–C) groups is 1. The minimum Gasteiger partial charge on any atom is -0.340 e. The average Bonchev–Trinajstić information content (AvgIpc) is 3.09. The van der Waals surface area contributed by atoms with Gasteiger partial charge in [0.05, 0.1) is 16.8 Å². The minimum absolute atomic E-state index is 0.0645. The molecule has 0 fully saturated rings. The minimum atomic E-state index is -4.94. The van der Waals surface area contributed by atoms with Crippen LogP contribution in [0.5, 0.6) is 0 Å². The van der Waals surface area contributed by atoms with Crippen LogP contribution in [-0.4, -0.2) is 11.6 Å². The number of nitrogens with zero attached hydrogens (tertiary/aromatic N) is 1. The third-order valence-corrected chi connectivity index (χ3v) is 6.18. The molecule has 0 spiro atoms. The van der Waals surface area contributed by atoms with Crippen molar-refractivity contribution >= 4 is 34.6 Å². The van der Waals surface area contributed by atoms with E-state index in [1.165, 1.54) is 18.2 Å². The van der Waals surface area contributed by atoms with Crippen LogP contribution in [-0.2, 0) is 18.8 Å². The predicted molar refractivity (Wildman–Crippen MR) is 149 cm³/mol. The molecule has 10 heteroatoms. The van der Waals surface area contributed by atoms with Gasteiger partial charge in [-0.05, 0) is 78.7 Å². The zero-order valence-corrected chi connectivity index (χ0v) is 21.9. The van der Waals surface area contributed by atoms with Gasteiger partial charge in [0.15, 0.2) is 5.78 Å². The lowest BCUT2D eigenvalue weighted by Crippen LogP contribution is -2.13. The summed E-state index contributed by atoms with van der Waals surface area (Å²) in [5, 5.41) is 3.76. The topological polar surface area (TPSA) is 41.5 Å². The quantitative estimate of drug-likeness (QED) is 0.178. The monoisotopic (exact) mass is 586 g/mol. The Morgan fingerprint density at radius 3 is 2.10 bits per heavy atom. The summed E-state index contributed by atoms with van der Waals surface area (Å²) in [6.45, 7) is 4.01. The van der Waals surface area contributed by atoms with Crippen LogP contribution in [0.1, 0.15) is 32.6 Å². The zero-order valence-electron chi connectivity index (χ0n) is 21.2. The highest BCUT2D eigenvalue weighted by molar-refractivity contribution is 6.30. The number of allylic oxidation sites excluding steroid dienone is 4. The summed E-state index contributed by atoms with van der Waals surface area (Å²) in [5.41, 5.74) is 0.00196. The van der Waals surface area contributed by atoms with Gasteiger partial charge in [0.1, 0.15) is 5.84 Å². The third-order valence-electron chi connectivity index (χ3n) is 5.93. The van der Waals surface area contributed by atoms with Gasteiger partial charge in [0.25, 0.3) is 0 Å². The molecule has 210 valence electrons. The van der Waals surface area contributed by atoms with Crippen LogP contribution in [0.3, 0.4) is 0 Å². The molecule has 41 heavy (non-hydrogen) atoms. The second-order valence-electron chi connectivity index (χ2n) is 8.99. The summed E-state index contributed by atoms with van der Waals surface area (Å²) in [7, 11) is 0. The summed E-state index contributed by atoms with van der Waals surface area (Å²) in [5.74, 6) is 0.0184. The van der Waals surface area contributed by atoms with E-state index in [1.54, 1.807) is 30.3 Å². The fourth-order valence-corrected chi connectivity index (χ4v) is 3.97. The van der Waals surface area contributed by atoms with Gasteiger partial charge in [-0.15, -0.1) is 0 Å². The maximum absolute atomic E-state index is 13.1. The standard InChI is InChI=1S/C31H21ClF6N2O/c1-19-4-2-6-27(21-8-12-25(32)13-9-21)40-29(19)39-26-14-10-22(11-15-26)28(41)7-3-5-20-16-23(30(33,34)35)18-24(17-20)31(36,37)38/h2-4,6-18H,1,5H2,(H,39,40)/b7-3+. The van der Waals surface area contributed by atoms with Gasteiger partial charge in [-0.2, -0.15) is 26.3 Å². The van der Waals surface area contributed by atoms with Crippen molar-refractivity contribution in [1.82, 2.24) is 0 Å². The molecular weight excluding hydrogens is 566 g/mol. The van der Waals surface area contributed by atoms with Crippen molar-refractivity contribution in [2.24, 2.45) is 4.99 Å². The number of halogens is 7. The van der Waals surface area contributed by atoms with Crippen molar-refractivity contribution < 1.29 is 31.1 Å². The first-order valence-electron chi connectivity index (χ1n) is 12.1. The molecule has 0 aliphatic carbocycles. The number of amidine groups is 1. The van der Waals surface area contributed by atoms with E-state index >= 15 is 0 Å². The Hall–Kier alpha value is -4.37. The van der Waals surface area contributed by atoms with Gasteiger partial charge in [0, 0.05) is 27.4 Å². The second-order valence-corrected chi connectivity index (χ2v) is 9.43. The van der Waals surface area contributed by atoms with Crippen molar-refractivity contribution in [1.29, 1.82) is 0 Å². The molecule has 3 aromatic rings. The largest absolute Gasteiger partial charge is 0.416 e. The molecule has 1 aliphatic heterocycles. The molecule has 0 aromatic heterocycles. The van der Waals surface area contributed by atoms with E-state index in [0.717, 1.165) is 11.6 Å². The lowest BCUT2D eigenvalue weighted by atomic mass is 10.0. The number of anilines is 1. The third kappa shape index (κ3) is 7.85. The van der Waals surface area contributed by atoms with Crippen LogP contribution in [0.15, 0.2) is 114 Å². The fraction of sp³-hybridized carbons (Fsp3) is 0.0968. The summed E-state index contributed by atoms with van der Waals surface area (Å²) >= 11 is 5.98. The summed E-state index contributed by atoms with van der Waals surface area (Å²) < 4.78 is 78.4. The molecule has 4 rings (SSSR count). The number of ketones is 1. The number of hydrogen-bond donors (Lipinski definition) is 1. The molecule has 0 amide bonds. The summed E-state index contributed by atoms with van der Waals surface area (Å²) in [6, 6.07) is 14.9. The van der Waals surface area contributed by atoms with E-state index in [0.29, 0.717) is 39.9 Å². The number of carbonyl (C=O) groups excluding carboxylic acids is 1. The van der Waals surface area contributed by atoms with Crippen molar-refractivity contribution in [2.45, 2.75) is 18.8 Å². The zero-order chi connectivity index (χ0) is 29.8. The molecular formula is C31H21ClF6N2O. The van der Waals surface area contributed by atoms with Crippen LogP contribution in [0.4, 0.5) is 32.0 Å². The number of nitrogens with one attached hydrogen (secondary N) is 1. The van der Waals surface area contributed by atoms with Crippen LogP contribution in [0.2, 0.25) is 5.02 Å². The molecule has 1 aliphatic rings. The smallest absolute Gasteiger partial charge is 0.340 e. The molecule has 0 saturated carbocycles. The van der Waals surface area contributed by atoms with Crippen molar-refractivity contribution in [2.75, 3.05) is 5.32 Å². The molecule has 0 unspecified atom stereocenters. The van der Waals surface area contributed by atoms with Gasteiger partial charge in [-0.3, -0.25) is 4.79 Å². The molecule has 3 nitrogen and oxygen atoms in total. The van der Waals surface area contributed by atoms with Gasteiger partial charge < -0.3 is 5.32 Å². The number of alkyl halides is 6. The Morgan fingerprint density at radius 2 is 1.51 bits per heavy atom. The molecule has 3 aromatic carbocycles. The molecule has 1 heterocycles. The van der Waals surface area contributed by atoms with Crippen molar-refractivity contribution in [3.63, 3.8) is 0 Å². The Morgan fingerprint density at radius 1 is 0.902 bits per heavy atom. The first-order valence-corrected chi connectivity index (χ1v) is 12.5. The number of rotatable bonds is 6. The lowest BCUT2D eigenvalue weighted by molar-refractivity contribution is -0.143. The molecule has 0 radical (unpaired) electrons. The Balaban J connectivity index is 1.45. The number of carbonyl (C=O) groups is 1. The van der Waals surface area contributed by atoms with E-state index in [-0.39, 0.29) is 23.6 Å². The van der Waals surface area contributed by atoms with Crippen molar-refractivity contribution in [3.8, 4) is 0 Å². The van der Waals surface area contributed by atoms with Gasteiger partial charge in [0.2, 0.25) is 0 Å². The maximum atomic E-state index is 13.1.